The maximum Gasteiger partial charge on any atom is 0.0415 e. The van der Waals surface area contributed by atoms with Crippen molar-refractivity contribution in [2.24, 2.45) is 0 Å². The van der Waals surface area contributed by atoms with Gasteiger partial charge in [0.15, 0.2) is 0 Å². The molecule has 0 radical (unpaired) electrons. The van der Waals surface area contributed by atoms with Gasteiger partial charge in [-0.2, -0.15) is 11.8 Å². The zero-order chi connectivity index (χ0) is 14.8. The first-order valence-corrected chi connectivity index (χ1v) is 9.96. The first kappa shape index (κ1) is 16.9. The molecule has 1 unspecified atom stereocenters. The molecule has 21 heavy (non-hydrogen) atoms. The lowest BCUT2D eigenvalue weighted by Gasteiger charge is -2.26. The summed E-state index contributed by atoms with van der Waals surface area (Å²) in [4.78, 5) is 0. The summed E-state index contributed by atoms with van der Waals surface area (Å²) in [5.41, 5.74) is 3.07. The van der Waals surface area contributed by atoms with Crippen molar-refractivity contribution in [3.8, 4) is 0 Å². The van der Waals surface area contributed by atoms with E-state index in [1.807, 2.05) is 0 Å². The number of hydrogen-bond donors (Lipinski definition) is 1. The Morgan fingerprint density at radius 1 is 1.00 bits per heavy atom. The van der Waals surface area contributed by atoms with E-state index >= 15 is 0 Å². The van der Waals surface area contributed by atoms with Gasteiger partial charge in [-0.1, -0.05) is 76.1 Å². The minimum absolute atomic E-state index is 0.574. The van der Waals surface area contributed by atoms with Gasteiger partial charge in [-0.25, -0.2) is 0 Å². The van der Waals surface area contributed by atoms with E-state index in [0.717, 1.165) is 0 Å². The lowest BCUT2D eigenvalue weighted by molar-refractivity contribution is 0.522. The standard InChI is InChI=1S/C19H31NS/c1-2-3-4-5-6-7-8-11-14-20-19-16-21-15-17-12-9-10-13-18(17)19/h9-10,12-13,19-20H,2-8,11,14-16H2,1H3. The van der Waals surface area contributed by atoms with Crippen molar-refractivity contribution in [3.05, 3.63) is 35.4 Å². The van der Waals surface area contributed by atoms with Crippen molar-refractivity contribution in [1.82, 2.24) is 5.32 Å². The normalized spacial score (nSPS) is 17.7. The van der Waals surface area contributed by atoms with Gasteiger partial charge in [0.2, 0.25) is 0 Å². The summed E-state index contributed by atoms with van der Waals surface area (Å²) in [5.74, 6) is 2.42. The van der Waals surface area contributed by atoms with Gasteiger partial charge in [0.1, 0.15) is 0 Å². The molecule has 0 aromatic heterocycles. The molecule has 1 nitrogen and oxygen atoms in total. The lowest BCUT2D eigenvalue weighted by atomic mass is 10.0. The van der Waals surface area contributed by atoms with Crippen molar-refractivity contribution in [2.45, 2.75) is 70.1 Å². The van der Waals surface area contributed by atoms with Crippen LogP contribution in [0.5, 0.6) is 0 Å². The molecule has 1 aromatic carbocycles. The van der Waals surface area contributed by atoms with E-state index in [0.29, 0.717) is 6.04 Å². The molecule has 1 aliphatic rings. The molecule has 0 amide bonds. The van der Waals surface area contributed by atoms with Gasteiger partial charge in [0, 0.05) is 17.5 Å². The minimum atomic E-state index is 0.574. The van der Waals surface area contributed by atoms with Crippen LogP contribution in [0.2, 0.25) is 0 Å². The van der Waals surface area contributed by atoms with Gasteiger partial charge in [-0.3, -0.25) is 0 Å². The summed E-state index contributed by atoms with van der Waals surface area (Å²) in [6.07, 6.45) is 11.2. The zero-order valence-electron chi connectivity index (χ0n) is 13.6. The fraction of sp³-hybridized carbons (Fsp3) is 0.684. The van der Waals surface area contributed by atoms with Gasteiger partial charge in [0.05, 0.1) is 0 Å². The second-order valence-electron chi connectivity index (χ2n) is 6.20. The average molecular weight is 306 g/mol. The molecule has 0 aliphatic carbocycles. The molecular formula is C19H31NS. The number of nitrogens with one attached hydrogen (secondary N) is 1. The lowest BCUT2D eigenvalue weighted by Crippen LogP contribution is -2.27. The van der Waals surface area contributed by atoms with Crippen molar-refractivity contribution in [2.75, 3.05) is 12.3 Å². The SMILES string of the molecule is CCCCCCCCCCNC1CSCc2ccccc21. The summed E-state index contributed by atoms with van der Waals surface area (Å²) in [5, 5.41) is 3.77. The van der Waals surface area contributed by atoms with Crippen LogP contribution in [-0.4, -0.2) is 12.3 Å². The molecule has 1 atom stereocenters. The molecule has 1 heterocycles. The first-order chi connectivity index (χ1) is 10.4. The Kier molecular flexibility index (Phi) is 8.28. The van der Waals surface area contributed by atoms with Gasteiger partial charge in [0.25, 0.3) is 0 Å². The Morgan fingerprint density at radius 2 is 1.71 bits per heavy atom. The molecule has 1 N–H and O–H groups in total. The summed E-state index contributed by atoms with van der Waals surface area (Å²) in [7, 11) is 0. The van der Waals surface area contributed by atoms with E-state index in [4.69, 9.17) is 0 Å². The predicted octanol–water partition coefficient (Wildman–Crippen LogP) is 5.70. The van der Waals surface area contributed by atoms with E-state index < -0.39 is 0 Å². The second kappa shape index (κ2) is 10.3. The second-order valence-corrected chi connectivity index (χ2v) is 7.23. The predicted molar refractivity (Wildman–Crippen MR) is 96.0 cm³/mol. The number of thioether (sulfide) groups is 1. The van der Waals surface area contributed by atoms with Crippen LogP contribution in [0.4, 0.5) is 0 Å². The molecule has 0 saturated carbocycles. The van der Waals surface area contributed by atoms with Crippen LogP contribution < -0.4 is 5.32 Å². The van der Waals surface area contributed by atoms with Gasteiger partial charge >= 0.3 is 0 Å². The molecule has 0 fully saturated rings. The van der Waals surface area contributed by atoms with Gasteiger partial charge in [-0.05, 0) is 24.1 Å². The van der Waals surface area contributed by atoms with Crippen LogP contribution in [0.1, 0.15) is 75.5 Å². The van der Waals surface area contributed by atoms with Crippen molar-refractivity contribution in [3.63, 3.8) is 0 Å². The van der Waals surface area contributed by atoms with E-state index in [1.165, 1.54) is 80.5 Å². The van der Waals surface area contributed by atoms with Crippen LogP contribution in [0.3, 0.4) is 0 Å². The molecule has 2 rings (SSSR count). The summed E-state index contributed by atoms with van der Waals surface area (Å²) < 4.78 is 0. The highest BCUT2D eigenvalue weighted by atomic mass is 32.2. The monoisotopic (exact) mass is 305 g/mol. The van der Waals surface area contributed by atoms with Crippen LogP contribution in [-0.2, 0) is 5.75 Å². The van der Waals surface area contributed by atoms with Gasteiger partial charge in [-0.15, -0.1) is 0 Å². The Hall–Kier alpha value is -0.470. The van der Waals surface area contributed by atoms with Crippen molar-refractivity contribution >= 4 is 11.8 Å². The summed E-state index contributed by atoms with van der Waals surface area (Å²) >= 11 is 2.06. The van der Waals surface area contributed by atoms with E-state index in [-0.39, 0.29) is 0 Å². The molecule has 118 valence electrons. The smallest absolute Gasteiger partial charge is 0.0415 e. The third kappa shape index (κ3) is 6.04. The van der Waals surface area contributed by atoms with Crippen molar-refractivity contribution in [1.29, 1.82) is 0 Å². The molecule has 1 aromatic rings. The van der Waals surface area contributed by atoms with Crippen LogP contribution in [0, 0.1) is 0 Å². The number of benzene rings is 1. The van der Waals surface area contributed by atoms with Gasteiger partial charge < -0.3 is 5.32 Å². The quantitative estimate of drug-likeness (QED) is 0.556. The molecule has 0 spiro atoms. The number of unbranched alkanes of at least 4 members (excludes halogenated alkanes) is 7. The minimum Gasteiger partial charge on any atom is -0.309 e. The Bertz CT molecular complexity index is 391. The highest BCUT2D eigenvalue weighted by Gasteiger charge is 2.18. The van der Waals surface area contributed by atoms with E-state index in [9.17, 15) is 0 Å². The maximum absolute atomic E-state index is 3.77. The summed E-state index contributed by atoms with van der Waals surface area (Å²) in [6.45, 7) is 3.46. The summed E-state index contributed by atoms with van der Waals surface area (Å²) in [6, 6.07) is 9.51. The third-order valence-electron chi connectivity index (χ3n) is 4.39. The fourth-order valence-corrected chi connectivity index (χ4v) is 4.22. The molecule has 2 heteroatoms. The van der Waals surface area contributed by atoms with Crippen LogP contribution in [0.25, 0.3) is 0 Å². The largest absolute Gasteiger partial charge is 0.309 e. The number of rotatable bonds is 10. The number of hydrogen-bond acceptors (Lipinski definition) is 2. The Balaban J connectivity index is 1.56. The topological polar surface area (TPSA) is 12.0 Å². The van der Waals surface area contributed by atoms with Crippen LogP contribution in [0.15, 0.2) is 24.3 Å². The fourth-order valence-electron chi connectivity index (χ4n) is 3.09. The molecular weight excluding hydrogens is 274 g/mol. The third-order valence-corrected chi connectivity index (χ3v) is 5.48. The Labute approximate surface area is 135 Å². The number of fused-ring (bicyclic) bond motifs is 1. The highest BCUT2D eigenvalue weighted by Crippen LogP contribution is 2.31. The average Bonchev–Trinajstić information content (AvgIpc) is 2.53. The van der Waals surface area contributed by atoms with Crippen LogP contribution >= 0.6 is 11.8 Å². The van der Waals surface area contributed by atoms with E-state index in [2.05, 4.69) is 48.3 Å². The van der Waals surface area contributed by atoms with Crippen molar-refractivity contribution < 1.29 is 0 Å². The molecule has 0 saturated heterocycles. The first-order valence-electron chi connectivity index (χ1n) is 8.80. The Morgan fingerprint density at radius 3 is 2.52 bits per heavy atom. The van der Waals surface area contributed by atoms with E-state index in [1.54, 1.807) is 0 Å². The molecule has 0 bridgehead atoms. The highest BCUT2D eigenvalue weighted by molar-refractivity contribution is 7.98. The molecule has 1 aliphatic heterocycles. The maximum atomic E-state index is 3.77. The zero-order valence-corrected chi connectivity index (χ0v) is 14.4.